The van der Waals surface area contributed by atoms with Gasteiger partial charge in [-0.25, -0.2) is 4.98 Å². The Bertz CT molecular complexity index is 676. The highest BCUT2D eigenvalue weighted by atomic mass is 16.5. The number of aromatic nitrogens is 1. The molecule has 1 saturated heterocycles. The van der Waals surface area contributed by atoms with Crippen LogP contribution in [0.15, 0.2) is 41.1 Å². The van der Waals surface area contributed by atoms with Gasteiger partial charge < -0.3 is 14.1 Å². The van der Waals surface area contributed by atoms with Gasteiger partial charge in [0.05, 0.1) is 24.4 Å². The second-order valence-electron chi connectivity index (χ2n) is 4.75. The zero-order chi connectivity index (χ0) is 14.7. The number of nitriles is 1. The second-order valence-corrected chi connectivity index (χ2v) is 4.75. The van der Waals surface area contributed by atoms with Crippen molar-refractivity contribution in [3.8, 4) is 11.9 Å². The molecule has 1 amide bonds. The van der Waals surface area contributed by atoms with Crippen molar-refractivity contribution in [2.75, 3.05) is 13.1 Å². The van der Waals surface area contributed by atoms with Crippen molar-refractivity contribution in [1.29, 1.82) is 5.26 Å². The quantitative estimate of drug-likeness (QED) is 0.858. The normalized spacial score (nSPS) is 17.5. The predicted molar refractivity (Wildman–Crippen MR) is 72.6 cm³/mol. The van der Waals surface area contributed by atoms with Crippen molar-refractivity contribution in [3.05, 3.63) is 48.0 Å². The molecular formula is C15H13N3O3. The van der Waals surface area contributed by atoms with E-state index in [9.17, 15) is 4.79 Å². The van der Waals surface area contributed by atoms with E-state index in [-0.39, 0.29) is 12.0 Å². The Morgan fingerprint density at radius 1 is 1.52 bits per heavy atom. The molecule has 2 aromatic heterocycles. The molecule has 21 heavy (non-hydrogen) atoms. The Morgan fingerprint density at radius 3 is 3.19 bits per heavy atom. The van der Waals surface area contributed by atoms with Crippen LogP contribution < -0.4 is 4.74 Å². The van der Waals surface area contributed by atoms with Crippen molar-refractivity contribution in [1.82, 2.24) is 9.88 Å². The van der Waals surface area contributed by atoms with Crippen LogP contribution in [0.25, 0.3) is 0 Å². The van der Waals surface area contributed by atoms with E-state index in [1.807, 2.05) is 6.07 Å². The van der Waals surface area contributed by atoms with Crippen LogP contribution in [0.3, 0.4) is 0 Å². The minimum absolute atomic E-state index is 0.120. The lowest BCUT2D eigenvalue weighted by Crippen LogP contribution is -2.30. The van der Waals surface area contributed by atoms with Crippen LogP contribution in [0.5, 0.6) is 5.88 Å². The maximum atomic E-state index is 12.1. The molecule has 1 fully saturated rings. The number of amides is 1. The van der Waals surface area contributed by atoms with E-state index in [0.717, 1.165) is 6.42 Å². The summed E-state index contributed by atoms with van der Waals surface area (Å²) >= 11 is 0. The van der Waals surface area contributed by atoms with Crippen molar-refractivity contribution in [2.45, 2.75) is 12.5 Å². The summed E-state index contributed by atoms with van der Waals surface area (Å²) < 4.78 is 10.8. The lowest BCUT2D eigenvalue weighted by molar-refractivity contribution is 0.0740. The molecule has 0 radical (unpaired) electrons. The van der Waals surface area contributed by atoms with Crippen LogP contribution in [0.4, 0.5) is 0 Å². The second kappa shape index (κ2) is 5.67. The smallest absolute Gasteiger partial charge is 0.289 e. The number of rotatable bonds is 3. The van der Waals surface area contributed by atoms with Gasteiger partial charge in [0, 0.05) is 25.2 Å². The third-order valence-electron chi connectivity index (χ3n) is 3.32. The fourth-order valence-electron chi connectivity index (χ4n) is 2.28. The standard InChI is InChI=1S/C15H13N3O3/c16-9-11-3-5-17-14(8-11)21-12-4-6-18(10-12)15(19)13-2-1-7-20-13/h1-3,5,7-8,12H,4,6,10H2. The summed E-state index contributed by atoms with van der Waals surface area (Å²) in [6.07, 6.45) is 3.62. The highest BCUT2D eigenvalue weighted by Gasteiger charge is 2.29. The molecule has 3 heterocycles. The largest absolute Gasteiger partial charge is 0.472 e. The number of furan rings is 1. The first kappa shape index (κ1) is 13.2. The lowest BCUT2D eigenvalue weighted by atomic mass is 10.3. The van der Waals surface area contributed by atoms with Crippen LogP contribution >= 0.6 is 0 Å². The van der Waals surface area contributed by atoms with E-state index in [1.165, 1.54) is 12.5 Å². The number of pyridine rings is 1. The minimum atomic E-state index is -0.134. The highest BCUT2D eigenvalue weighted by molar-refractivity contribution is 5.91. The van der Waals surface area contributed by atoms with Crippen LogP contribution in [0.1, 0.15) is 22.5 Å². The Morgan fingerprint density at radius 2 is 2.43 bits per heavy atom. The summed E-state index contributed by atoms with van der Waals surface area (Å²) in [5.41, 5.74) is 0.501. The third-order valence-corrected chi connectivity index (χ3v) is 3.32. The minimum Gasteiger partial charge on any atom is -0.472 e. The van der Waals surface area contributed by atoms with E-state index in [0.29, 0.717) is 30.3 Å². The molecule has 0 bridgehead atoms. The zero-order valence-corrected chi connectivity index (χ0v) is 11.2. The van der Waals surface area contributed by atoms with E-state index < -0.39 is 0 Å². The molecule has 0 saturated carbocycles. The van der Waals surface area contributed by atoms with Crippen LogP contribution in [0.2, 0.25) is 0 Å². The summed E-state index contributed by atoms with van der Waals surface area (Å²) in [6, 6.07) is 8.59. The van der Waals surface area contributed by atoms with Gasteiger partial charge in [-0.15, -0.1) is 0 Å². The molecular weight excluding hydrogens is 270 g/mol. The van der Waals surface area contributed by atoms with Gasteiger partial charge in [0.15, 0.2) is 5.76 Å². The summed E-state index contributed by atoms with van der Waals surface area (Å²) in [4.78, 5) is 17.9. The first-order valence-corrected chi connectivity index (χ1v) is 6.62. The average Bonchev–Trinajstić information content (AvgIpc) is 3.18. The maximum Gasteiger partial charge on any atom is 0.289 e. The third kappa shape index (κ3) is 2.87. The SMILES string of the molecule is N#Cc1ccnc(OC2CCN(C(=O)c3ccco3)C2)c1. The summed E-state index contributed by atoms with van der Waals surface area (Å²) in [5.74, 6) is 0.608. The van der Waals surface area contributed by atoms with Gasteiger partial charge in [0.25, 0.3) is 5.91 Å². The summed E-state index contributed by atoms with van der Waals surface area (Å²) in [6.45, 7) is 1.10. The van der Waals surface area contributed by atoms with Gasteiger partial charge in [-0.2, -0.15) is 5.26 Å². The Kier molecular flexibility index (Phi) is 3.56. The van der Waals surface area contributed by atoms with Crippen molar-refractivity contribution in [2.24, 2.45) is 0 Å². The molecule has 3 rings (SSSR count). The molecule has 6 nitrogen and oxygen atoms in total. The number of ether oxygens (including phenoxy) is 1. The first-order chi connectivity index (χ1) is 10.3. The molecule has 2 aromatic rings. The summed E-state index contributed by atoms with van der Waals surface area (Å²) in [7, 11) is 0. The molecule has 1 aliphatic rings. The number of carbonyl (C=O) groups excluding carboxylic acids is 1. The van der Waals surface area contributed by atoms with Gasteiger partial charge in [0.2, 0.25) is 5.88 Å². The van der Waals surface area contributed by atoms with Gasteiger partial charge in [0.1, 0.15) is 6.10 Å². The van der Waals surface area contributed by atoms with Crippen molar-refractivity contribution >= 4 is 5.91 Å². The molecule has 1 aliphatic heterocycles. The monoisotopic (exact) mass is 283 g/mol. The average molecular weight is 283 g/mol. The molecule has 1 atom stereocenters. The molecule has 6 heteroatoms. The Balaban J connectivity index is 1.62. The molecule has 0 spiro atoms. The Labute approximate surface area is 121 Å². The first-order valence-electron chi connectivity index (χ1n) is 6.62. The number of likely N-dealkylation sites (tertiary alicyclic amines) is 1. The van der Waals surface area contributed by atoms with Crippen LogP contribution in [-0.4, -0.2) is 35.0 Å². The fourth-order valence-corrected chi connectivity index (χ4v) is 2.28. The molecule has 0 aliphatic carbocycles. The fraction of sp³-hybridized carbons (Fsp3) is 0.267. The van der Waals surface area contributed by atoms with E-state index >= 15 is 0 Å². The van der Waals surface area contributed by atoms with E-state index in [2.05, 4.69) is 4.98 Å². The Hall–Kier alpha value is -2.81. The van der Waals surface area contributed by atoms with E-state index in [4.69, 9.17) is 14.4 Å². The number of hydrogen-bond donors (Lipinski definition) is 0. The van der Waals surface area contributed by atoms with Gasteiger partial charge >= 0.3 is 0 Å². The predicted octanol–water partition coefficient (Wildman–Crippen LogP) is 1.84. The zero-order valence-electron chi connectivity index (χ0n) is 11.2. The molecule has 0 N–H and O–H groups in total. The van der Waals surface area contributed by atoms with Crippen LogP contribution in [-0.2, 0) is 0 Å². The number of hydrogen-bond acceptors (Lipinski definition) is 5. The number of carbonyl (C=O) groups is 1. The van der Waals surface area contributed by atoms with Crippen LogP contribution in [0, 0.1) is 11.3 Å². The summed E-state index contributed by atoms with van der Waals surface area (Å²) in [5, 5.41) is 8.85. The van der Waals surface area contributed by atoms with Gasteiger partial charge in [-0.3, -0.25) is 4.79 Å². The topological polar surface area (TPSA) is 79.4 Å². The van der Waals surface area contributed by atoms with Crippen molar-refractivity contribution < 1.29 is 13.9 Å². The molecule has 0 aromatic carbocycles. The van der Waals surface area contributed by atoms with E-state index in [1.54, 1.807) is 29.2 Å². The lowest BCUT2D eigenvalue weighted by Gasteiger charge is -2.15. The van der Waals surface area contributed by atoms with Crippen molar-refractivity contribution in [3.63, 3.8) is 0 Å². The molecule has 1 unspecified atom stereocenters. The molecule has 106 valence electrons. The highest BCUT2D eigenvalue weighted by Crippen LogP contribution is 2.19. The maximum absolute atomic E-state index is 12.1. The van der Waals surface area contributed by atoms with Gasteiger partial charge in [-0.05, 0) is 18.2 Å². The number of nitrogens with zero attached hydrogens (tertiary/aromatic N) is 3. The van der Waals surface area contributed by atoms with Gasteiger partial charge in [-0.1, -0.05) is 0 Å².